The van der Waals surface area contributed by atoms with Crippen molar-refractivity contribution in [3.05, 3.63) is 11.6 Å². The third kappa shape index (κ3) is 2.75. The van der Waals surface area contributed by atoms with Crippen LogP contribution in [0.4, 0.5) is 0 Å². The molecule has 0 radical (unpaired) electrons. The van der Waals surface area contributed by atoms with Crippen molar-refractivity contribution < 1.29 is 28.9 Å². The number of carbonyl (C=O) groups excluding carboxylic acids is 2. The molecule has 156 valence electrons. The van der Waals surface area contributed by atoms with Crippen molar-refractivity contribution in [2.75, 3.05) is 13.2 Å². The van der Waals surface area contributed by atoms with Gasteiger partial charge in [0.2, 0.25) is 0 Å². The summed E-state index contributed by atoms with van der Waals surface area (Å²) in [5.41, 5.74) is -0.137. The van der Waals surface area contributed by atoms with Crippen molar-refractivity contribution >= 4 is 11.9 Å². The Morgan fingerprint density at radius 1 is 1.25 bits per heavy atom. The van der Waals surface area contributed by atoms with E-state index in [1.807, 2.05) is 6.08 Å². The van der Waals surface area contributed by atoms with Crippen molar-refractivity contribution in [2.24, 2.45) is 22.7 Å². The number of hydrogen-bond donors (Lipinski definition) is 1. The third-order valence-corrected chi connectivity index (χ3v) is 8.35. The SMILES string of the molecule is CC(=O)O[C@@H]1CC[C@]2(C)[C@H](CC[C@@]3(C)OC(C4=CCOC4=O)C[C@H]23)[C@]1(C)CO. The minimum atomic E-state index is -0.469. The highest BCUT2D eigenvalue weighted by Gasteiger charge is 2.65. The molecule has 28 heavy (non-hydrogen) atoms. The Morgan fingerprint density at radius 3 is 2.61 bits per heavy atom. The molecule has 0 amide bonds. The molecular weight excluding hydrogens is 360 g/mol. The van der Waals surface area contributed by atoms with Gasteiger partial charge in [0.1, 0.15) is 12.7 Å². The number of ether oxygens (including phenoxy) is 3. The zero-order valence-electron chi connectivity index (χ0n) is 17.3. The molecule has 0 bridgehead atoms. The van der Waals surface area contributed by atoms with Crippen LogP contribution in [0.15, 0.2) is 11.6 Å². The molecule has 4 aliphatic rings. The topological polar surface area (TPSA) is 82.1 Å². The highest BCUT2D eigenvalue weighted by molar-refractivity contribution is 5.91. The van der Waals surface area contributed by atoms with E-state index in [0.717, 1.165) is 32.1 Å². The highest BCUT2D eigenvalue weighted by atomic mass is 16.6. The Hall–Kier alpha value is -1.40. The number of aliphatic hydroxyl groups excluding tert-OH is 1. The molecule has 0 spiro atoms. The van der Waals surface area contributed by atoms with E-state index < -0.39 is 5.41 Å². The second-order valence-corrected chi connectivity index (χ2v) is 9.86. The molecular formula is C22H32O6. The maximum Gasteiger partial charge on any atom is 0.336 e. The van der Waals surface area contributed by atoms with E-state index in [4.69, 9.17) is 14.2 Å². The maximum atomic E-state index is 12.1. The smallest absolute Gasteiger partial charge is 0.336 e. The summed E-state index contributed by atoms with van der Waals surface area (Å²) in [7, 11) is 0. The summed E-state index contributed by atoms with van der Waals surface area (Å²) in [6.45, 7) is 8.32. The van der Waals surface area contributed by atoms with Gasteiger partial charge in [-0.05, 0) is 62.4 Å². The first-order chi connectivity index (χ1) is 13.1. The minimum Gasteiger partial charge on any atom is -0.462 e. The zero-order chi connectivity index (χ0) is 20.3. The summed E-state index contributed by atoms with van der Waals surface area (Å²) in [6, 6.07) is 0. The second-order valence-electron chi connectivity index (χ2n) is 9.86. The fourth-order valence-electron chi connectivity index (χ4n) is 6.98. The lowest BCUT2D eigenvalue weighted by Crippen LogP contribution is -2.61. The molecule has 4 rings (SSSR count). The molecule has 1 unspecified atom stereocenters. The lowest BCUT2D eigenvalue weighted by molar-refractivity contribution is -0.209. The average Bonchev–Trinajstić information content (AvgIpc) is 3.21. The van der Waals surface area contributed by atoms with Crippen LogP contribution in [0.3, 0.4) is 0 Å². The molecule has 0 aromatic carbocycles. The van der Waals surface area contributed by atoms with Gasteiger partial charge in [-0.25, -0.2) is 4.79 Å². The van der Waals surface area contributed by atoms with Gasteiger partial charge in [-0.1, -0.05) is 13.8 Å². The lowest BCUT2D eigenvalue weighted by atomic mass is 9.44. The van der Waals surface area contributed by atoms with E-state index in [1.54, 1.807) is 0 Å². The van der Waals surface area contributed by atoms with E-state index in [9.17, 15) is 14.7 Å². The van der Waals surface area contributed by atoms with Crippen LogP contribution in [0.1, 0.15) is 59.8 Å². The minimum absolute atomic E-state index is 0.00357. The molecule has 2 heterocycles. The molecule has 0 aromatic rings. The Labute approximate surface area is 166 Å². The van der Waals surface area contributed by atoms with E-state index in [0.29, 0.717) is 12.2 Å². The third-order valence-electron chi connectivity index (χ3n) is 8.35. The van der Waals surface area contributed by atoms with Gasteiger partial charge in [0, 0.05) is 12.3 Å². The van der Waals surface area contributed by atoms with Crippen molar-refractivity contribution in [3.63, 3.8) is 0 Å². The van der Waals surface area contributed by atoms with Crippen LogP contribution in [0.25, 0.3) is 0 Å². The number of hydrogen-bond acceptors (Lipinski definition) is 6. The Morgan fingerprint density at radius 2 is 2.00 bits per heavy atom. The maximum absolute atomic E-state index is 12.1. The van der Waals surface area contributed by atoms with Crippen LogP contribution in [-0.2, 0) is 23.8 Å². The van der Waals surface area contributed by atoms with Crippen molar-refractivity contribution in [3.8, 4) is 0 Å². The molecule has 1 N–H and O–H groups in total. The molecule has 7 atom stereocenters. The summed E-state index contributed by atoms with van der Waals surface area (Å²) in [5.74, 6) is -0.0344. The van der Waals surface area contributed by atoms with E-state index >= 15 is 0 Å². The summed E-state index contributed by atoms with van der Waals surface area (Å²) in [5, 5.41) is 10.4. The molecule has 2 aliphatic heterocycles. The lowest BCUT2D eigenvalue weighted by Gasteiger charge is -2.62. The first kappa shape index (κ1) is 19.9. The van der Waals surface area contributed by atoms with E-state index in [2.05, 4.69) is 20.8 Å². The quantitative estimate of drug-likeness (QED) is 0.744. The monoisotopic (exact) mass is 392 g/mol. The van der Waals surface area contributed by atoms with E-state index in [1.165, 1.54) is 6.92 Å². The van der Waals surface area contributed by atoms with Gasteiger partial charge in [0.15, 0.2) is 0 Å². The highest BCUT2D eigenvalue weighted by Crippen LogP contribution is 2.66. The molecule has 6 nitrogen and oxygen atoms in total. The van der Waals surface area contributed by atoms with Gasteiger partial charge in [-0.15, -0.1) is 0 Å². The van der Waals surface area contributed by atoms with Crippen molar-refractivity contribution in [1.82, 2.24) is 0 Å². The number of fused-ring (bicyclic) bond motifs is 3. The number of rotatable bonds is 3. The average molecular weight is 392 g/mol. The Kier molecular flexibility index (Phi) is 4.66. The molecule has 0 aromatic heterocycles. The summed E-state index contributed by atoms with van der Waals surface area (Å²) < 4.78 is 17.2. The molecule has 2 saturated carbocycles. The van der Waals surface area contributed by atoms with Gasteiger partial charge in [0.25, 0.3) is 0 Å². The number of esters is 2. The molecule has 6 heteroatoms. The van der Waals surface area contributed by atoms with Crippen LogP contribution >= 0.6 is 0 Å². The number of cyclic esters (lactones) is 1. The standard InChI is InChI=1S/C22H32O6/c1-13(24)27-18-6-8-20(2)16(21(18,3)12-23)5-9-22(4)17(20)11-15(28-22)14-7-10-26-19(14)25/h7,15-18,23H,5-6,8-12H2,1-4H3/t15?,16-,17+,18+,20+,21-,22+/m0/s1. The molecule has 1 saturated heterocycles. The zero-order valence-corrected chi connectivity index (χ0v) is 17.3. The van der Waals surface area contributed by atoms with Crippen molar-refractivity contribution in [2.45, 2.75) is 77.6 Å². The van der Waals surface area contributed by atoms with Crippen LogP contribution in [-0.4, -0.2) is 48.1 Å². The predicted molar refractivity (Wildman–Crippen MR) is 101 cm³/mol. The van der Waals surface area contributed by atoms with Crippen LogP contribution in [0.2, 0.25) is 0 Å². The van der Waals surface area contributed by atoms with Gasteiger partial charge in [-0.2, -0.15) is 0 Å². The summed E-state index contributed by atoms with van der Waals surface area (Å²) >= 11 is 0. The van der Waals surface area contributed by atoms with Crippen LogP contribution < -0.4 is 0 Å². The number of carbonyl (C=O) groups is 2. The van der Waals surface area contributed by atoms with Crippen LogP contribution in [0.5, 0.6) is 0 Å². The van der Waals surface area contributed by atoms with Gasteiger partial charge in [0.05, 0.1) is 23.9 Å². The first-order valence-electron chi connectivity index (χ1n) is 10.5. The second kappa shape index (κ2) is 6.56. The summed E-state index contributed by atoms with van der Waals surface area (Å²) in [6.07, 6.45) is 5.62. The fraction of sp³-hybridized carbons (Fsp3) is 0.818. The van der Waals surface area contributed by atoms with Crippen LogP contribution in [0, 0.1) is 22.7 Å². The largest absolute Gasteiger partial charge is 0.462 e. The number of aliphatic hydroxyl groups is 1. The van der Waals surface area contributed by atoms with E-state index in [-0.39, 0.29) is 53.6 Å². The molecule has 2 aliphatic carbocycles. The Balaban J connectivity index is 1.64. The van der Waals surface area contributed by atoms with Gasteiger partial charge >= 0.3 is 11.9 Å². The fourth-order valence-corrected chi connectivity index (χ4v) is 6.98. The van der Waals surface area contributed by atoms with Crippen molar-refractivity contribution in [1.29, 1.82) is 0 Å². The first-order valence-corrected chi connectivity index (χ1v) is 10.5. The predicted octanol–water partition coefficient (Wildman–Crippen LogP) is 2.77. The Bertz CT molecular complexity index is 716. The molecule has 3 fully saturated rings. The van der Waals surface area contributed by atoms with Gasteiger partial charge in [-0.3, -0.25) is 4.79 Å². The normalized spacial score (nSPS) is 47.8. The summed E-state index contributed by atoms with van der Waals surface area (Å²) in [4.78, 5) is 23.7. The van der Waals surface area contributed by atoms with Gasteiger partial charge < -0.3 is 19.3 Å².